The largest absolute Gasteiger partial charge is 0.395 e. The normalized spacial score (nSPS) is 12.8. The van der Waals surface area contributed by atoms with Crippen LogP contribution in [0.2, 0.25) is 0 Å². The highest BCUT2D eigenvalue weighted by Gasteiger charge is 2.12. The molecule has 0 rings (SSSR count). The van der Waals surface area contributed by atoms with Gasteiger partial charge in [-0.1, -0.05) is 90.4 Å². The predicted molar refractivity (Wildman–Crippen MR) is 118 cm³/mol. The van der Waals surface area contributed by atoms with E-state index in [0.29, 0.717) is 18.5 Å². The van der Waals surface area contributed by atoms with Crippen LogP contribution in [0.15, 0.2) is 0 Å². The van der Waals surface area contributed by atoms with E-state index in [4.69, 9.17) is 10.2 Å². The van der Waals surface area contributed by atoms with Gasteiger partial charge in [-0.2, -0.15) is 0 Å². The Morgan fingerprint density at radius 2 is 1.04 bits per heavy atom. The fraction of sp³-hybridized carbons (Fsp3) is 1.00. The van der Waals surface area contributed by atoms with Crippen molar-refractivity contribution < 1.29 is 10.2 Å². The maximum absolute atomic E-state index is 9.08. The van der Waals surface area contributed by atoms with Crippen LogP contribution in [0.3, 0.4) is 0 Å². The zero-order valence-corrected chi connectivity index (χ0v) is 18.6. The molecule has 1 atom stereocenters. The first-order valence-electron chi connectivity index (χ1n) is 11.3. The van der Waals surface area contributed by atoms with Crippen LogP contribution in [0.4, 0.5) is 0 Å². The Bertz CT molecular complexity index is 261. The van der Waals surface area contributed by atoms with E-state index in [9.17, 15) is 0 Å². The van der Waals surface area contributed by atoms with E-state index >= 15 is 0 Å². The number of nitrogens with zero attached hydrogens (tertiary/aromatic N) is 1. The molecule has 0 bridgehead atoms. The number of hydrogen-bond donors (Lipinski definition) is 2. The Labute approximate surface area is 168 Å². The number of aliphatic hydroxyl groups is 2. The Morgan fingerprint density at radius 3 is 1.42 bits per heavy atom. The molecule has 0 aliphatic carbocycles. The predicted octanol–water partition coefficient (Wildman–Crippen LogP) is 5.83. The third kappa shape index (κ3) is 17.6. The van der Waals surface area contributed by atoms with Gasteiger partial charge in [-0.3, -0.25) is 4.90 Å². The van der Waals surface area contributed by atoms with Gasteiger partial charge in [0.05, 0.1) is 18.6 Å². The fourth-order valence-electron chi connectivity index (χ4n) is 3.39. The molecule has 1 unspecified atom stereocenters. The zero-order chi connectivity index (χ0) is 19.3. The SMILES string of the molecule is CCCCCCCCCCCCCCCCSC(C)N(CCO)CCO. The van der Waals surface area contributed by atoms with Crippen LogP contribution in [-0.2, 0) is 0 Å². The summed E-state index contributed by atoms with van der Waals surface area (Å²) in [6.45, 7) is 6.12. The summed E-state index contributed by atoms with van der Waals surface area (Å²) in [5.41, 5.74) is 0. The van der Waals surface area contributed by atoms with Gasteiger partial charge in [-0.15, -0.1) is 11.8 Å². The maximum atomic E-state index is 9.08. The summed E-state index contributed by atoms with van der Waals surface area (Å²) in [5, 5.41) is 18.6. The summed E-state index contributed by atoms with van der Waals surface area (Å²) >= 11 is 1.95. The first-order chi connectivity index (χ1) is 12.8. The molecule has 0 aromatic heterocycles. The van der Waals surface area contributed by atoms with Gasteiger partial charge in [-0.25, -0.2) is 0 Å². The number of rotatable bonds is 21. The highest BCUT2D eigenvalue weighted by molar-refractivity contribution is 7.99. The second kappa shape index (κ2) is 21.5. The molecule has 0 heterocycles. The quantitative estimate of drug-likeness (QED) is 0.191. The molecule has 0 saturated heterocycles. The van der Waals surface area contributed by atoms with Gasteiger partial charge in [-0.05, 0) is 19.1 Å². The summed E-state index contributed by atoms with van der Waals surface area (Å²) in [7, 11) is 0. The molecular formula is C22H47NO2S. The molecule has 0 aliphatic rings. The minimum absolute atomic E-state index is 0.170. The van der Waals surface area contributed by atoms with Crippen LogP contribution < -0.4 is 0 Å². The first-order valence-corrected chi connectivity index (χ1v) is 12.4. The molecule has 0 aromatic rings. The lowest BCUT2D eigenvalue weighted by Gasteiger charge is -2.27. The van der Waals surface area contributed by atoms with Gasteiger partial charge >= 0.3 is 0 Å². The van der Waals surface area contributed by atoms with Crippen molar-refractivity contribution in [1.82, 2.24) is 4.90 Å². The molecule has 4 heteroatoms. The lowest BCUT2D eigenvalue weighted by Crippen LogP contribution is -2.35. The fourth-order valence-corrected chi connectivity index (χ4v) is 4.52. The van der Waals surface area contributed by atoms with Crippen LogP contribution in [0.5, 0.6) is 0 Å². The van der Waals surface area contributed by atoms with Gasteiger partial charge in [0.2, 0.25) is 0 Å². The van der Waals surface area contributed by atoms with Crippen LogP contribution in [-0.4, -0.2) is 52.5 Å². The summed E-state index contributed by atoms with van der Waals surface area (Å²) < 4.78 is 0. The minimum Gasteiger partial charge on any atom is -0.395 e. The van der Waals surface area contributed by atoms with Crippen molar-refractivity contribution in [1.29, 1.82) is 0 Å². The van der Waals surface area contributed by atoms with E-state index in [0.717, 1.165) is 0 Å². The van der Waals surface area contributed by atoms with E-state index in [1.807, 2.05) is 11.8 Å². The number of aliphatic hydroxyl groups excluding tert-OH is 2. The van der Waals surface area contributed by atoms with Crippen LogP contribution in [0.25, 0.3) is 0 Å². The molecular weight excluding hydrogens is 342 g/mol. The van der Waals surface area contributed by atoms with Crippen molar-refractivity contribution >= 4 is 11.8 Å². The van der Waals surface area contributed by atoms with E-state index in [2.05, 4.69) is 18.7 Å². The maximum Gasteiger partial charge on any atom is 0.0558 e. The second-order valence-corrected chi connectivity index (χ2v) is 8.97. The Balaban J connectivity index is 3.28. The minimum atomic E-state index is 0.170. The topological polar surface area (TPSA) is 43.7 Å². The van der Waals surface area contributed by atoms with Gasteiger partial charge in [0, 0.05) is 13.1 Å². The van der Waals surface area contributed by atoms with E-state index in [1.165, 1.54) is 95.6 Å². The molecule has 0 spiro atoms. The Kier molecular flexibility index (Phi) is 21.7. The molecule has 26 heavy (non-hydrogen) atoms. The number of thioether (sulfide) groups is 1. The summed E-state index contributed by atoms with van der Waals surface area (Å²) in [5.74, 6) is 1.19. The van der Waals surface area contributed by atoms with Crippen molar-refractivity contribution in [2.24, 2.45) is 0 Å². The van der Waals surface area contributed by atoms with Crippen molar-refractivity contribution in [3.63, 3.8) is 0 Å². The second-order valence-electron chi connectivity index (χ2n) is 7.55. The van der Waals surface area contributed by atoms with Crippen LogP contribution in [0, 0.1) is 0 Å². The lowest BCUT2D eigenvalue weighted by molar-refractivity contribution is 0.157. The average Bonchev–Trinajstić information content (AvgIpc) is 2.64. The van der Waals surface area contributed by atoms with E-state index in [1.54, 1.807) is 0 Å². The van der Waals surface area contributed by atoms with Crippen molar-refractivity contribution in [3.05, 3.63) is 0 Å². The van der Waals surface area contributed by atoms with Crippen molar-refractivity contribution in [2.45, 2.75) is 109 Å². The van der Waals surface area contributed by atoms with Crippen LogP contribution in [0.1, 0.15) is 104 Å². The summed E-state index contributed by atoms with van der Waals surface area (Å²) in [6.07, 6.45) is 19.7. The van der Waals surface area contributed by atoms with Gasteiger partial charge < -0.3 is 10.2 Å². The van der Waals surface area contributed by atoms with Crippen molar-refractivity contribution in [3.8, 4) is 0 Å². The third-order valence-electron chi connectivity index (χ3n) is 5.15. The average molecular weight is 390 g/mol. The summed E-state index contributed by atoms with van der Waals surface area (Å²) in [6, 6.07) is 0. The van der Waals surface area contributed by atoms with Crippen molar-refractivity contribution in [2.75, 3.05) is 32.1 Å². The highest BCUT2D eigenvalue weighted by atomic mass is 32.2. The number of unbranched alkanes of at least 4 members (excludes halogenated alkanes) is 13. The van der Waals surface area contributed by atoms with E-state index < -0.39 is 0 Å². The molecule has 0 radical (unpaired) electrons. The highest BCUT2D eigenvalue weighted by Crippen LogP contribution is 2.18. The molecule has 0 saturated carbocycles. The smallest absolute Gasteiger partial charge is 0.0558 e. The molecule has 0 aromatic carbocycles. The Hall–Kier alpha value is 0.230. The molecule has 0 aliphatic heterocycles. The standard InChI is InChI=1S/C22H47NO2S/c1-3-4-5-6-7-8-9-10-11-12-13-14-15-16-21-26-22(2)23(17-19-24)18-20-25/h22,24-25H,3-21H2,1-2H3. The van der Waals surface area contributed by atoms with Gasteiger partial charge in [0.25, 0.3) is 0 Å². The molecule has 158 valence electrons. The monoisotopic (exact) mass is 389 g/mol. The molecule has 2 N–H and O–H groups in total. The number of hydrogen-bond acceptors (Lipinski definition) is 4. The summed E-state index contributed by atoms with van der Waals surface area (Å²) in [4.78, 5) is 2.16. The van der Waals surface area contributed by atoms with Gasteiger partial charge in [0.15, 0.2) is 0 Å². The molecule has 3 nitrogen and oxygen atoms in total. The van der Waals surface area contributed by atoms with Gasteiger partial charge in [0.1, 0.15) is 0 Å². The molecule has 0 amide bonds. The Morgan fingerprint density at radius 1 is 0.654 bits per heavy atom. The third-order valence-corrected chi connectivity index (χ3v) is 6.45. The zero-order valence-electron chi connectivity index (χ0n) is 17.8. The lowest BCUT2D eigenvalue weighted by atomic mass is 10.0. The van der Waals surface area contributed by atoms with E-state index in [-0.39, 0.29) is 13.2 Å². The molecule has 0 fully saturated rings. The van der Waals surface area contributed by atoms with Crippen LogP contribution >= 0.6 is 11.8 Å². The first kappa shape index (κ1) is 26.2.